The summed E-state index contributed by atoms with van der Waals surface area (Å²) < 4.78 is 38.5. The molecule has 0 bridgehead atoms. The number of benzene rings is 2. The van der Waals surface area contributed by atoms with Crippen molar-refractivity contribution in [2.24, 2.45) is 0 Å². The number of aromatic amines is 1. The van der Waals surface area contributed by atoms with Crippen LogP contribution in [0.5, 0.6) is 0 Å². The van der Waals surface area contributed by atoms with Crippen molar-refractivity contribution in [3.05, 3.63) is 72.1 Å². The Morgan fingerprint density at radius 3 is 2.54 bits per heavy atom. The van der Waals surface area contributed by atoms with Crippen molar-refractivity contribution in [2.75, 3.05) is 5.32 Å². The number of thioether (sulfide) groups is 1. The van der Waals surface area contributed by atoms with Gasteiger partial charge in [0.05, 0.1) is 5.56 Å². The Morgan fingerprint density at radius 2 is 1.88 bits per heavy atom. The Bertz CT molecular complexity index is 869. The van der Waals surface area contributed by atoms with Gasteiger partial charge in [-0.2, -0.15) is 18.3 Å². The highest BCUT2D eigenvalue weighted by Gasteiger charge is 2.31. The minimum absolute atomic E-state index is 0.0731. The summed E-state index contributed by atoms with van der Waals surface area (Å²) in [5.74, 6) is -0.461. The molecule has 1 atom stereocenters. The molecule has 134 valence electrons. The summed E-state index contributed by atoms with van der Waals surface area (Å²) in [6, 6.07) is 13.4. The van der Waals surface area contributed by atoms with Gasteiger partial charge in [-0.05, 0) is 23.8 Å². The van der Waals surface area contributed by atoms with Gasteiger partial charge < -0.3 is 5.32 Å². The average Bonchev–Trinajstić information content (AvgIpc) is 3.13. The first-order chi connectivity index (χ1) is 12.4. The topological polar surface area (TPSA) is 70.7 Å². The molecule has 1 heterocycles. The second kappa shape index (κ2) is 7.61. The molecule has 1 unspecified atom stereocenters. The Hall–Kier alpha value is -2.81. The van der Waals surface area contributed by atoms with Crippen molar-refractivity contribution >= 4 is 23.4 Å². The van der Waals surface area contributed by atoms with Crippen LogP contribution in [0.4, 0.5) is 18.9 Å². The molecule has 26 heavy (non-hydrogen) atoms. The van der Waals surface area contributed by atoms with E-state index in [-0.39, 0.29) is 5.69 Å². The zero-order chi connectivity index (χ0) is 18.6. The number of hydrogen-bond acceptors (Lipinski definition) is 4. The van der Waals surface area contributed by atoms with E-state index in [9.17, 15) is 18.0 Å². The number of H-pyrrole nitrogens is 1. The summed E-state index contributed by atoms with van der Waals surface area (Å²) in [6.07, 6.45) is -3.16. The van der Waals surface area contributed by atoms with E-state index >= 15 is 0 Å². The number of nitrogens with one attached hydrogen (secondary N) is 2. The molecular weight excluding hydrogens is 365 g/mol. The maximum Gasteiger partial charge on any atom is 0.416 e. The smallest absolute Gasteiger partial charge is 0.325 e. The molecule has 0 saturated carbocycles. The van der Waals surface area contributed by atoms with Crippen molar-refractivity contribution < 1.29 is 18.0 Å². The Balaban J connectivity index is 1.84. The largest absolute Gasteiger partial charge is 0.416 e. The summed E-state index contributed by atoms with van der Waals surface area (Å²) in [5.41, 5.74) is -0.0586. The standard InChI is InChI=1S/C17H13F3N4OS/c18-17(19,20)12-7-4-8-13(9-12)23-15(25)14(11-5-2-1-3-6-11)26-16-21-10-22-24-16/h1-10,14H,(H,23,25)(H,21,22,24). The fourth-order valence-electron chi connectivity index (χ4n) is 2.24. The van der Waals surface area contributed by atoms with Crippen LogP contribution in [0.2, 0.25) is 0 Å². The van der Waals surface area contributed by atoms with Gasteiger partial charge in [0.25, 0.3) is 0 Å². The van der Waals surface area contributed by atoms with E-state index in [2.05, 4.69) is 20.5 Å². The summed E-state index contributed by atoms with van der Waals surface area (Å²) >= 11 is 1.12. The van der Waals surface area contributed by atoms with Crippen LogP contribution in [0.25, 0.3) is 0 Å². The number of hydrogen-bond donors (Lipinski definition) is 2. The predicted molar refractivity (Wildman–Crippen MR) is 91.5 cm³/mol. The molecule has 0 saturated heterocycles. The van der Waals surface area contributed by atoms with Gasteiger partial charge in [0.15, 0.2) is 5.16 Å². The zero-order valence-corrected chi connectivity index (χ0v) is 14.0. The molecule has 2 N–H and O–H groups in total. The first-order valence-corrected chi connectivity index (χ1v) is 8.36. The minimum atomic E-state index is -4.48. The van der Waals surface area contributed by atoms with E-state index in [0.717, 1.165) is 23.9 Å². The number of halogens is 3. The average molecular weight is 378 g/mol. The lowest BCUT2D eigenvalue weighted by atomic mass is 10.1. The maximum atomic E-state index is 12.8. The number of rotatable bonds is 5. The van der Waals surface area contributed by atoms with Crippen LogP contribution in [0.15, 0.2) is 66.1 Å². The Kier molecular flexibility index (Phi) is 5.27. The number of nitrogens with zero attached hydrogens (tertiary/aromatic N) is 2. The minimum Gasteiger partial charge on any atom is -0.325 e. The second-order valence-electron chi connectivity index (χ2n) is 5.27. The van der Waals surface area contributed by atoms with E-state index < -0.39 is 22.9 Å². The van der Waals surface area contributed by atoms with Crippen molar-refractivity contribution in [3.8, 4) is 0 Å². The van der Waals surface area contributed by atoms with Crippen molar-refractivity contribution in [3.63, 3.8) is 0 Å². The molecule has 9 heteroatoms. The highest BCUT2D eigenvalue weighted by Crippen LogP contribution is 2.35. The van der Waals surface area contributed by atoms with Crippen molar-refractivity contribution in [1.29, 1.82) is 0 Å². The van der Waals surface area contributed by atoms with E-state index in [1.807, 2.05) is 6.07 Å². The van der Waals surface area contributed by atoms with Crippen LogP contribution >= 0.6 is 11.8 Å². The van der Waals surface area contributed by atoms with Crippen LogP contribution in [0.1, 0.15) is 16.4 Å². The van der Waals surface area contributed by atoms with Crippen LogP contribution in [0, 0.1) is 0 Å². The van der Waals surface area contributed by atoms with Crippen LogP contribution in [-0.4, -0.2) is 21.1 Å². The lowest BCUT2D eigenvalue weighted by molar-refractivity contribution is -0.137. The summed E-state index contributed by atoms with van der Waals surface area (Å²) in [7, 11) is 0. The molecule has 0 aliphatic heterocycles. The first kappa shape index (κ1) is 18.0. The highest BCUT2D eigenvalue weighted by atomic mass is 32.2. The third-order valence-corrected chi connectivity index (χ3v) is 4.56. The lowest BCUT2D eigenvalue weighted by Crippen LogP contribution is -2.19. The third-order valence-electron chi connectivity index (χ3n) is 3.42. The first-order valence-electron chi connectivity index (χ1n) is 7.48. The molecule has 3 rings (SSSR count). The molecule has 0 spiro atoms. The van der Waals surface area contributed by atoms with Gasteiger partial charge in [-0.25, -0.2) is 4.98 Å². The molecule has 0 radical (unpaired) electrons. The van der Waals surface area contributed by atoms with Crippen LogP contribution in [-0.2, 0) is 11.0 Å². The van der Waals surface area contributed by atoms with E-state index in [1.54, 1.807) is 24.3 Å². The van der Waals surface area contributed by atoms with Crippen molar-refractivity contribution in [1.82, 2.24) is 15.2 Å². The molecule has 5 nitrogen and oxygen atoms in total. The summed E-state index contributed by atoms with van der Waals surface area (Å²) in [4.78, 5) is 16.7. The van der Waals surface area contributed by atoms with Gasteiger partial charge in [-0.1, -0.05) is 48.2 Å². The SMILES string of the molecule is O=C(Nc1cccc(C(F)(F)F)c1)C(Sc1ncn[nH]1)c1ccccc1. The monoisotopic (exact) mass is 378 g/mol. The Morgan fingerprint density at radius 1 is 1.12 bits per heavy atom. The zero-order valence-electron chi connectivity index (χ0n) is 13.2. The molecule has 3 aromatic rings. The lowest BCUT2D eigenvalue weighted by Gasteiger charge is -2.16. The Labute approximate surface area is 151 Å². The highest BCUT2D eigenvalue weighted by molar-refractivity contribution is 8.00. The summed E-state index contributed by atoms with van der Waals surface area (Å²) in [6.45, 7) is 0. The number of aromatic nitrogens is 3. The molecule has 1 amide bonds. The molecule has 0 fully saturated rings. The van der Waals surface area contributed by atoms with Gasteiger partial charge in [-0.3, -0.25) is 9.89 Å². The number of alkyl halides is 3. The number of amides is 1. The fraction of sp³-hybridized carbons (Fsp3) is 0.118. The van der Waals surface area contributed by atoms with Gasteiger partial charge in [0, 0.05) is 5.69 Å². The van der Waals surface area contributed by atoms with Crippen LogP contribution in [0.3, 0.4) is 0 Å². The van der Waals surface area contributed by atoms with Gasteiger partial charge in [-0.15, -0.1) is 0 Å². The molecule has 1 aromatic heterocycles. The normalized spacial score (nSPS) is 12.6. The number of anilines is 1. The van der Waals surface area contributed by atoms with Crippen LogP contribution < -0.4 is 5.32 Å². The van der Waals surface area contributed by atoms with Gasteiger partial charge in [0.1, 0.15) is 11.6 Å². The number of carbonyl (C=O) groups is 1. The second-order valence-corrected chi connectivity index (χ2v) is 6.36. The molecule has 2 aromatic carbocycles. The third kappa shape index (κ3) is 4.42. The number of carbonyl (C=O) groups excluding carboxylic acids is 1. The molecular formula is C17H13F3N4OS. The maximum absolute atomic E-state index is 12.8. The fourth-order valence-corrected chi connectivity index (χ4v) is 3.14. The van der Waals surface area contributed by atoms with Crippen molar-refractivity contribution in [2.45, 2.75) is 16.6 Å². The summed E-state index contributed by atoms with van der Waals surface area (Å²) in [5, 5.41) is 8.66. The predicted octanol–water partition coefficient (Wildman–Crippen LogP) is 4.30. The van der Waals surface area contributed by atoms with Gasteiger partial charge in [0.2, 0.25) is 5.91 Å². The quantitative estimate of drug-likeness (QED) is 0.650. The molecule has 0 aliphatic rings. The van der Waals surface area contributed by atoms with E-state index in [1.165, 1.54) is 18.5 Å². The van der Waals surface area contributed by atoms with Gasteiger partial charge >= 0.3 is 6.18 Å². The van der Waals surface area contributed by atoms with E-state index in [4.69, 9.17) is 0 Å². The molecule has 0 aliphatic carbocycles. The van der Waals surface area contributed by atoms with E-state index in [0.29, 0.717) is 10.7 Å².